The number of nitrogens with zero attached hydrogens (tertiary/aromatic N) is 1. The molecule has 4 rings (SSSR count). The molecule has 3 aliphatic rings. The first-order chi connectivity index (χ1) is 10.7. The minimum atomic E-state index is -1.68. The van der Waals surface area contributed by atoms with E-state index in [-0.39, 0.29) is 12.7 Å². The van der Waals surface area contributed by atoms with Gasteiger partial charge in [-0.3, -0.25) is 5.32 Å². The Balaban J connectivity index is 1.32. The number of benzene rings is 1. The smallest absolute Gasteiger partial charge is 0.481 e. The van der Waals surface area contributed by atoms with Crippen LogP contribution in [0.1, 0.15) is 0 Å². The third kappa shape index (κ3) is 2.19. The van der Waals surface area contributed by atoms with Gasteiger partial charge in [0, 0.05) is 5.69 Å². The zero-order valence-electron chi connectivity index (χ0n) is 12.3. The number of carbonyl (C=O) groups is 1. The summed E-state index contributed by atoms with van der Waals surface area (Å²) in [6, 6.07) is 9.21. The fourth-order valence-electron chi connectivity index (χ4n) is 3.71. The highest BCUT2D eigenvalue weighted by molar-refractivity contribution is 6.54. The Morgan fingerprint density at radius 2 is 2.00 bits per heavy atom. The molecular weight excluding hydrogens is 287 g/mol. The fraction of sp³-hybridized carbons (Fsp3) is 0.500. The number of nitrogens with one attached hydrogen (secondary N) is 1. The molecule has 3 fully saturated rings. The number of hydrogen-bond acceptors (Lipinski definition) is 5. The van der Waals surface area contributed by atoms with Gasteiger partial charge in [0.25, 0.3) is 0 Å². The number of quaternary nitrogens is 1. The standard InChI is InChI=1S/C14H19BN2O5/c18-14(16-12-4-2-1-3-5-12)19-11-13-10-17-6-8-20-15(17,22-13)21-9-7-17/h1-5,13H,6-11H2,(H,16,18). The summed E-state index contributed by atoms with van der Waals surface area (Å²) >= 11 is 0. The van der Waals surface area contributed by atoms with E-state index >= 15 is 0 Å². The van der Waals surface area contributed by atoms with Crippen LogP contribution in [0.5, 0.6) is 0 Å². The monoisotopic (exact) mass is 306 g/mol. The first-order valence-corrected chi connectivity index (χ1v) is 7.65. The van der Waals surface area contributed by atoms with Gasteiger partial charge in [-0.25, -0.2) is 4.79 Å². The van der Waals surface area contributed by atoms with Gasteiger partial charge in [0.05, 0.1) is 32.8 Å². The Labute approximate surface area is 128 Å². The number of anilines is 1. The van der Waals surface area contributed by atoms with Crippen molar-refractivity contribution in [2.45, 2.75) is 6.10 Å². The molecule has 1 atom stereocenters. The van der Waals surface area contributed by atoms with E-state index < -0.39 is 13.0 Å². The maximum absolute atomic E-state index is 11.8. The first kappa shape index (κ1) is 14.0. The number of para-hydroxylation sites is 1. The molecule has 8 heteroatoms. The fourth-order valence-corrected chi connectivity index (χ4v) is 3.71. The maximum Gasteiger partial charge on any atom is 0.625 e. The molecule has 0 spiro atoms. The Morgan fingerprint density at radius 1 is 1.27 bits per heavy atom. The first-order valence-electron chi connectivity index (χ1n) is 7.65. The Bertz CT molecular complexity index is 540. The minimum Gasteiger partial charge on any atom is -0.481 e. The maximum atomic E-state index is 11.8. The van der Waals surface area contributed by atoms with E-state index in [0.717, 1.165) is 24.0 Å². The van der Waals surface area contributed by atoms with Crippen LogP contribution in [0.15, 0.2) is 30.3 Å². The second kappa shape index (κ2) is 5.24. The average molecular weight is 306 g/mol. The van der Waals surface area contributed by atoms with Crippen LogP contribution in [0.3, 0.4) is 0 Å². The summed E-state index contributed by atoms with van der Waals surface area (Å²) in [5.41, 5.74) is 0.706. The van der Waals surface area contributed by atoms with E-state index in [1.807, 2.05) is 30.3 Å². The lowest BCUT2D eigenvalue weighted by molar-refractivity contribution is -0.816. The Hall–Kier alpha value is -1.61. The van der Waals surface area contributed by atoms with Crippen LogP contribution in [0.2, 0.25) is 0 Å². The summed E-state index contributed by atoms with van der Waals surface area (Å²) in [6.45, 7) is 2.45. The topological polar surface area (TPSA) is 66.0 Å². The van der Waals surface area contributed by atoms with Crippen molar-refractivity contribution in [2.75, 3.05) is 44.8 Å². The van der Waals surface area contributed by atoms with E-state index in [1.54, 1.807) is 0 Å². The molecule has 0 bridgehead atoms. The SMILES string of the molecule is O=C(Nc1ccccc1)OCC1C[N+]23CCO[B-]2(OCC3)O1. The molecule has 0 saturated carbocycles. The molecule has 1 N–H and O–H groups in total. The van der Waals surface area contributed by atoms with E-state index in [9.17, 15) is 4.79 Å². The van der Waals surface area contributed by atoms with Crippen LogP contribution >= 0.6 is 0 Å². The lowest BCUT2D eigenvalue weighted by atomic mass is 9.94. The summed E-state index contributed by atoms with van der Waals surface area (Å²) in [5.74, 6) is 0. The lowest BCUT2D eigenvalue weighted by Crippen LogP contribution is -2.59. The molecular formula is C14H19BN2O5. The van der Waals surface area contributed by atoms with Crippen LogP contribution in [0.4, 0.5) is 10.5 Å². The summed E-state index contributed by atoms with van der Waals surface area (Å²) in [6.07, 6.45) is -0.657. The van der Waals surface area contributed by atoms with E-state index in [1.165, 1.54) is 0 Å². The molecule has 1 aromatic carbocycles. The van der Waals surface area contributed by atoms with Crippen molar-refractivity contribution >= 4 is 18.7 Å². The summed E-state index contributed by atoms with van der Waals surface area (Å²) < 4.78 is 23.5. The Kier molecular flexibility index (Phi) is 3.34. The molecule has 1 unspecified atom stereocenters. The van der Waals surface area contributed by atoms with Gasteiger partial charge in [0.2, 0.25) is 0 Å². The summed E-state index contributed by atoms with van der Waals surface area (Å²) in [5, 5.41) is 2.68. The van der Waals surface area contributed by atoms with E-state index in [0.29, 0.717) is 18.9 Å². The van der Waals surface area contributed by atoms with E-state index in [2.05, 4.69) is 5.32 Å². The van der Waals surface area contributed by atoms with Crippen LogP contribution < -0.4 is 5.32 Å². The molecule has 7 nitrogen and oxygen atoms in total. The summed E-state index contributed by atoms with van der Waals surface area (Å²) in [4.78, 5) is 11.8. The van der Waals surface area contributed by atoms with Gasteiger partial charge in [0.1, 0.15) is 12.7 Å². The average Bonchev–Trinajstić information content (AvgIpc) is 3.07. The van der Waals surface area contributed by atoms with Gasteiger partial charge in [-0.05, 0) is 12.1 Å². The second-order valence-electron chi connectivity index (χ2n) is 6.04. The zero-order chi connectivity index (χ0) is 15.0. The van der Waals surface area contributed by atoms with Crippen LogP contribution in [0.25, 0.3) is 0 Å². The largest absolute Gasteiger partial charge is 0.625 e. The number of carbonyl (C=O) groups excluding carboxylic acids is 1. The number of rotatable bonds is 3. The van der Waals surface area contributed by atoms with Gasteiger partial charge >= 0.3 is 13.0 Å². The zero-order valence-corrected chi connectivity index (χ0v) is 12.3. The third-order valence-corrected chi connectivity index (χ3v) is 4.75. The molecule has 0 aliphatic carbocycles. The molecule has 118 valence electrons. The predicted octanol–water partition coefficient (Wildman–Crippen LogP) is 0.947. The molecule has 1 aromatic rings. The molecule has 3 saturated heterocycles. The highest BCUT2D eigenvalue weighted by Gasteiger charge is 2.66. The van der Waals surface area contributed by atoms with Crippen molar-refractivity contribution in [3.05, 3.63) is 30.3 Å². The second-order valence-corrected chi connectivity index (χ2v) is 6.04. The molecule has 3 aliphatic heterocycles. The van der Waals surface area contributed by atoms with Gasteiger partial charge in [-0.15, -0.1) is 0 Å². The number of hydrogen-bond donors (Lipinski definition) is 1. The molecule has 3 heterocycles. The van der Waals surface area contributed by atoms with Crippen LogP contribution in [-0.4, -0.2) is 62.9 Å². The number of ether oxygens (including phenoxy) is 1. The van der Waals surface area contributed by atoms with E-state index in [4.69, 9.17) is 18.7 Å². The highest BCUT2D eigenvalue weighted by Crippen LogP contribution is 2.41. The lowest BCUT2D eigenvalue weighted by Gasteiger charge is -2.37. The van der Waals surface area contributed by atoms with Gasteiger partial charge in [-0.2, -0.15) is 0 Å². The van der Waals surface area contributed by atoms with Crippen molar-refractivity contribution in [3.63, 3.8) is 0 Å². The van der Waals surface area contributed by atoms with Crippen molar-refractivity contribution in [1.82, 2.24) is 0 Å². The van der Waals surface area contributed by atoms with Crippen molar-refractivity contribution in [1.29, 1.82) is 0 Å². The van der Waals surface area contributed by atoms with Crippen molar-refractivity contribution in [2.24, 2.45) is 0 Å². The molecule has 0 aromatic heterocycles. The van der Waals surface area contributed by atoms with Crippen LogP contribution in [-0.2, 0) is 18.7 Å². The van der Waals surface area contributed by atoms with Gasteiger partial charge < -0.3 is 23.1 Å². The van der Waals surface area contributed by atoms with Gasteiger partial charge in [-0.1, -0.05) is 18.2 Å². The Morgan fingerprint density at radius 3 is 2.68 bits per heavy atom. The van der Waals surface area contributed by atoms with Crippen molar-refractivity contribution in [3.8, 4) is 0 Å². The molecule has 22 heavy (non-hydrogen) atoms. The molecule has 1 amide bonds. The quantitative estimate of drug-likeness (QED) is 0.842. The number of amides is 1. The van der Waals surface area contributed by atoms with Crippen LogP contribution in [0, 0.1) is 0 Å². The van der Waals surface area contributed by atoms with Gasteiger partial charge in [0.15, 0.2) is 0 Å². The minimum absolute atomic E-state index is 0.179. The van der Waals surface area contributed by atoms with Crippen molar-refractivity contribution < 1.29 is 27.9 Å². The normalized spacial score (nSPS) is 35.9. The highest BCUT2D eigenvalue weighted by atomic mass is 16.8. The summed E-state index contributed by atoms with van der Waals surface area (Å²) in [7, 11) is 0. The molecule has 0 radical (unpaired) electrons. The third-order valence-electron chi connectivity index (χ3n) is 4.75. The predicted molar refractivity (Wildman–Crippen MR) is 78.8 cm³/mol.